The molecule has 3 aromatic heterocycles. The van der Waals surface area contributed by atoms with Gasteiger partial charge < -0.3 is 14.9 Å². The van der Waals surface area contributed by atoms with Gasteiger partial charge in [-0.2, -0.15) is 0 Å². The van der Waals surface area contributed by atoms with Crippen LogP contribution in [0.2, 0.25) is 0 Å². The normalized spacial score (nSPS) is 16.1. The fourth-order valence-electron chi connectivity index (χ4n) is 4.22. The van der Waals surface area contributed by atoms with Crippen LogP contribution < -0.4 is 5.32 Å². The number of aryl methyl sites for hydroxylation is 1. The van der Waals surface area contributed by atoms with Crippen LogP contribution in [0, 0.1) is 5.92 Å². The molecule has 4 aromatic rings. The number of para-hydroxylation sites is 1. The Balaban J connectivity index is 1.17. The maximum absolute atomic E-state index is 12.5. The molecule has 2 N–H and O–H groups in total. The van der Waals surface area contributed by atoms with Crippen LogP contribution in [-0.2, 0) is 17.8 Å². The van der Waals surface area contributed by atoms with Crippen LogP contribution in [0.3, 0.4) is 0 Å². The Hall–Kier alpha value is -2.97. The third-order valence-corrected chi connectivity index (χ3v) is 6.41. The van der Waals surface area contributed by atoms with Crippen molar-refractivity contribution in [1.29, 1.82) is 0 Å². The lowest BCUT2D eigenvalue weighted by atomic mass is 9.97. The Morgan fingerprint density at radius 2 is 2.30 bits per heavy atom. The minimum absolute atomic E-state index is 0.0327. The SMILES string of the molecule is CN(CC(=O)Nc1nc(-c2c[nH]c3ccccc23)cs1)CC1CCn2ccnc2C1. The Kier molecular flexibility index (Phi) is 5.10. The summed E-state index contributed by atoms with van der Waals surface area (Å²) >= 11 is 1.45. The van der Waals surface area contributed by atoms with Gasteiger partial charge in [0.2, 0.25) is 5.91 Å². The number of aromatic nitrogens is 4. The Bertz CT molecular complexity index is 1180. The number of H-pyrrole nitrogens is 1. The summed E-state index contributed by atoms with van der Waals surface area (Å²) in [5.41, 5.74) is 3.01. The van der Waals surface area contributed by atoms with Gasteiger partial charge in [0.1, 0.15) is 5.82 Å². The Labute approximate surface area is 178 Å². The predicted molar refractivity (Wildman–Crippen MR) is 120 cm³/mol. The van der Waals surface area contributed by atoms with Crippen molar-refractivity contribution in [2.75, 3.05) is 25.5 Å². The summed E-state index contributed by atoms with van der Waals surface area (Å²) < 4.78 is 2.22. The summed E-state index contributed by atoms with van der Waals surface area (Å²) in [4.78, 5) is 26.9. The smallest absolute Gasteiger partial charge is 0.240 e. The molecular weight excluding hydrogens is 396 g/mol. The van der Waals surface area contributed by atoms with Gasteiger partial charge >= 0.3 is 0 Å². The second kappa shape index (κ2) is 8.04. The number of fused-ring (bicyclic) bond motifs is 2. The van der Waals surface area contributed by atoms with Crippen LogP contribution in [0.15, 0.2) is 48.2 Å². The van der Waals surface area contributed by atoms with E-state index in [-0.39, 0.29) is 5.91 Å². The minimum atomic E-state index is -0.0327. The van der Waals surface area contributed by atoms with E-state index in [4.69, 9.17) is 0 Å². The number of carbonyl (C=O) groups excluding carboxylic acids is 1. The molecule has 154 valence electrons. The first-order chi connectivity index (χ1) is 14.7. The number of benzene rings is 1. The van der Waals surface area contributed by atoms with Crippen LogP contribution in [0.1, 0.15) is 12.2 Å². The number of nitrogens with one attached hydrogen (secondary N) is 2. The van der Waals surface area contributed by atoms with Crippen LogP contribution in [-0.4, -0.2) is 50.5 Å². The number of likely N-dealkylation sites (N-methyl/N-ethyl adjacent to an activating group) is 1. The van der Waals surface area contributed by atoms with Crippen LogP contribution in [0.5, 0.6) is 0 Å². The summed E-state index contributed by atoms with van der Waals surface area (Å²) in [6.07, 6.45) is 7.97. The lowest BCUT2D eigenvalue weighted by Crippen LogP contribution is -2.36. The van der Waals surface area contributed by atoms with Crippen LogP contribution in [0.25, 0.3) is 22.2 Å². The molecule has 30 heavy (non-hydrogen) atoms. The number of rotatable bonds is 6. The number of thiazole rings is 1. The molecule has 5 rings (SSSR count). The zero-order chi connectivity index (χ0) is 20.5. The summed E-state index contributed by atoms with van der Waals surface area (Å²) in [5, 5.41) is 6.70. The standard InChI is InChI=1S/C22H24N6OS/c1-27(12-15-6-8-28-9-7-23-20(28)10-15)13-21(29)26-22-25-19(14-30-22)17-11-24-18-5-3-2-4-16(17)18/h2-5,7,9,11,14-15,24H,6,8,10,12-13H2,1H3,(H,25,26,29). The molecule has 1 amide bonds. The topological polar surface area (TPSA) is 78.8 Å². The van der Waals surface area contributed by atoms with Crippen LogP contribution in [0.4, 0.5) is 5.13 Å². The fourth-order valence-corrected chi connectivity index (χ4v) is 4.95. The molecule has 1 unspecified atom stereocenters. The number of aromatic amines is 1. The highest BCUT2D eigenvalue weighted by molar-refractivity contribution is 7.14. The van der Waals surface area contributed by atoms with Crippen molar-refractivity contribution in [3.05, 3.63) is 54.1 Å². The highest BCUT2D eigenvalue weighted by Crippen LogP contribution is 2.30. The molecular formula is C22H24N6OS. The van der Waals surface area contributed by atoms with Gasteiger partial charge in [0.15, 0.2) is 5.13 Å². The van der Waals surface area contributed by atoms with Crippen molar-refractivity contribution in [3.63, 3.8) is 0 Å². The van der Waals surface area contributed by atoms with Gasteiger partial charge in [-0.3, -0.25) is 9.69 Å². The summed E-state index contributed by atoms with van der Waals surface area (Å²) in [5.74, 6) is 1.65. The number of imidazole rings is 1. The average molecular weight is 421 g/mol. The molecule has 8 heteroatoms. The summed E-state index contributed by atoms with van der Waals surface area (Å²) in [7, 11) is 2.00. The van der Waals surface area contributed by atoms with E-state index < -0.39 is 0 Å². The zero-order valence-electron chi connectivity index (χ0n) is 16.8. The molecule has 1 aromatic carbocycles. The fraction of sp³-hybridized carbons (Fsp3) is 0.318. The highest BCUT2D eigenvalue weighted by atomic mass is 32.1. The maximum atomic E-state index is 12.5. The van der Waals surface area contributed by atoms with Crippen molar-refractivity contribution in [2.24, 2.45) is 5.92 Å². The molecule has 1 atom stereocenters. The number of anilines is 1. The predicted octanol–water partition coefficient (Wildman–Crippen LogP) is 3.62. The quantitative estimate of drug-likeness (QED) is 0.499. The second-order valence-corrected chi connectivity index (χ2v) is 8.78. The molecule has 0 spiro atoms. The van der Waals surface area contributed by atoms with E-state index >= 15 is 0 Å². The average Bonchev–Trinajstić information content (AvgIpc) is 3.46. The van der Waals surface area contributed by atoms with E-state index in [2.05, 4.69) is 35.8 Å². The second-order valence-electron chi connectivity index (χ2n) is 7.93. The molecule has 1 aliphatic rings. The van der Waals surface area contributed by atoms with E-state index in [1.165, 1.54) is 11.3 Å². The third kappa shape index (κ3) is 3.88. The molecule has 1 aliphatic heterocycles. The van der Waals surface area contributed by atoms with Crippen molar-refractivity contribution in [1.82, 2.24) is 24.4 Å². The summed E-state index contributed by atoms with van der Waals surface area (Å²) in [6.45, 7) is 2.25. The molecule has 0 saturated carbocycles. The zero-order valence-corrected chi connectivity index (χ0v) is 17.7. The van der Waals surface area contributed by atoms with Gasteiger partial charge in [0.05, 0.1) is 12.2 Å². The molecule has 0 radical (unpaired) electrons. The van der Waals surface area contributed by atoms with Gasteiger partial charge in [-0.15, -0.1) is 11.3 Å². The number of hydrogen-bond acceptors (Lipinski definition) is 5. The first-order valence-corrected chi connectivity index (χ1v) is 11.0. The molecule has 7 nitrogen and oxygen atoms in total. The first kappa shape index (κ1) is 19.0. The first-order valence-electron chi connectivity index (χ1n) is 10.2. The Morgan fingerprint density at radius 3 is 3.23 bits per heavy atom. The molecule has 0 fully saturated rings. The van der Waals surface area contributed by atoms with Gasteiger partial charge in [0, 0.05) is 59.9 Å². The number of amides is 1. The molecule has 0 saturated heterocycles. The van der Waals surface area contributed by atoms with Gasteiger partial charge in [-0.1, -0.05) is 18.2 Å². The van der Waals surface area contributed by atoms with Crippen LogP contribution >= 0.6 is 11.3 Å². The van der Waals surface area contributed by atoms with E-state index in [0.29, 0.717) is 17.6 Å². The number of nitrogens with zero attached hydrogens (tertiary/aromatic N) is 4. The highest BCUT2D eigenvalue weighted by Gasteiger charge is 2.21. The van der Waals surface area contributed by atoms with Gasteiger partial charge in [-0.05, 0) is 25.5 Å². The molecule has 4 heterocycles. The lowest BCUT2D eigenvalue weighted by molar-refractivity contribution is -0.117. The monoisotopic (exact) mass is 420 g/mol. The van der Waals surface area contributed by atoms with Gasteiger partial charge in [0.25, 0.3) is 0 Å². The number of hydrogen-bond donors (Lipinski definition) is 2. The molecule has 0 bridgehead atoms. The third-order valence-electron chi connectivity index (χ3n) is 5.65. The van der Waals surface area contributed by atoms with Crippen molar-refractivity contribution >= 4 is 33.3 Å². The van der Waals surface area contributed by atoms with E-state index in [0.717, 1.165) is 53.9 Å². The van der Waals surface area contributed by atoms with E-state index in [1.54, 1.807) is 0 Å². The Morgan fingerprint density at radius 1 is 1.40 bits per heavy atom. The molecule has 0 aliphatic carbocycles. The van der Waals surface area contributed by atoms with Crippen molar-refractivity contribution < 1.29 is 4.79 Å². The summed E-state index contributed by atoms with van der Waals surface area (Å²) in [6, 6.07) is 8.15. The largest absolute Gasteiger partial charge is 0.360 e. The lowest BCUT2D eigenvalue weighted by Gasteiger charge is -2.27. The minimum Gasteiger partial charge on any atom is -0.360 e. The maximum Gasteiger partial charge on any atom is 0.240 e. The van der Waals surface area contributed by atoms with E-state index in [1.807, 2.05) is 49.2 Å². The van der Waals surface area contributed by atoms with Crippen molar-refractivity contribution in [3.8, 4) is 11.3 Å². The van der Waals surface area contributed by atoms with Gasteiger partial charge in [-0.25, -0.2) is 9.97 Å². The van der Waals surface area contributed by atoms with Crippen molar-refractivity contribution in [2.45, 2.75) is 19.4 Å². The van der Waals surface area contributed by atoms with E-state index in [9.17, 15) is 4.79 Å². The number of carbonyl (C=O) groups is 1.